The van der Waals surface area contributed by atoms with Crippen molar-refractivity contribution < 1.29 is 4.79 Å². The van der Waals surface area contributed by atoms with E-state index in [0.717, 1.165) is 5.75 Å². The Hall–Kier alpha value is -0.550. The highest BCUT2D eigenvalue weighted by Gasteiger charge is 2.19. The van der Waals surface area contributed by atoms with Gasteiger partial charge in [0.05, 0.1) is 5.56 Å². The smallest absolute Gasteiger partial charge is 0.256 e. The van der Waals surface area contributed by atoms with Crippen LogP contribution in [0, 0.1) is 0 Å². The molecule has 16 heavy (non-hydrogen) atoms. The Morgan fingerprint density at radius 2 is 2.38 bits per heavy atom. The molecule has 1 aromatic rings. The van der Waals surface area contributed by atoms with Crippen molar-refractivity contribution in [3.8, 4) is 0 Å². The van der Waals surface area contributed by atoms with Crippen LogP contribution in [0.2, 0.25) is 0 Å². The molecule has 1 atom stereocenters. The fourth-order valence-electron chi connectivity index (χ4n) is 1.29. The van der Waals surface area contributed by atoms with Crippen LogP contribution < -0.4 is 0 Å². The summed E-state index contributed by atoms with van der Waals surface area (Å²) in [5.41, 5.74) is 0.609. The molecule has 0 aliphatic rings. The summed E-state index contributed by atoms with van der Waals surface area (Å²) < 4.78 is 0.600. The lowest BCUT2D eigenvalue weighted by Gasteiger charge is -2.24. The molecule has 0 bridgehead atoms. The zero-order chi connectivity index (χ0) is 12.1. The van der Waals surface area contributed by atoms with Crippen LogP contribution in [0.3, 0.4) is 0 Å². The van der Waals surface area contributed by atoms with Gasteiger partial charge in [0, 0.05) is 25.0 Å². The van der Waals surface area contributed by atoms with E-state index in [1.165, 1.54) is 0 Å². The second-order valence-electron chi connectivity index (χ2n) is 3.56. The Balaban J connectivity index is 2.82. The van der Waals surface area contributed by atoms with Gasteiger partial charge in [0.15, 0.2) is 0 Å². The number of halogens is 1. The van der Waals surface area contributed by atoms with Gasteiger partial charge in [-0.1, -0.05) is 0 Å². The molecule has 1 aromatic heterocycles. The fraction of sp³-hybridized carbons (Fsp3) is 0.455. The summed E-state index contributed by atoms with van der Waals surface area (Å²) in [6, 6.07) is 3.77. The van der Waals surface area contributed by atoms with E-state index < -0.39 is 0 Å². The number of rotatable bonds is 4. The summed E-state index contributed by atoms with van der Waals surface area (Å²) in [6.45, 7) is 2.04. The van der Waals surface area contributed by atoms with Crippen molar-refractivity contribution in [2.75, 3.05) is 19.1 Å². The van der Waals surface area contributed by atoms with Crippen LogP contribution in [0.25, 0.3) is 0 Å². The molecule has 0 radical (unpaired) electrons. The number of thioether (sulfide) groups is 1. The van der Waals surface area contributed by atoms with Crippen molar-refractivity contribution in [3.63, 3.8) is 0 Å². The maximum atomic E-state index is 12.1. The number of pyridine rings is 1. The Morgan fingerprint density at radius 3 is 2.94 bits per heavy atom. The standard InChI is InChI=1S/C11H15BrN2OS/c1-8(7-16-3)14(2)11(15)9-5-4-6-13-10(9)12/h4-6,8H,7H2,1-3H3. The van der Waals surface area contributed by atoms with Crippen LogP contribution in [0.5, 0.6) is 0 Å². The summed E-state index contributed by atoms with van der Waals surface area (Å²) in [5, 5.41) is 0. The van der Waals surface area contributed by atoms with Gasteiger partial charge in [0.25, 0.3) is 5.91 Å². The molecule has 0 spiro atoms. The second-order valence-corrected chi connectivity index (χ2v) is 5.22. The third kappa shape index (κ3) is 3.22. The van der Waals surface area contributed by atoms with E-state index in [-0.39, 0.29) is 11.9 Å². The first-order chi connectivity index (χ1) is 7.57. The number of nitrogens with zero attached hydrogens (tertiary/aromatic N) is 2. The predicted molar refractivity (Wildman–Crippen MR) is 71.9 cm³/mol. The molecule has 1 unspecified atom stereocenters. The highest BCUT2D eigenvalue weighted by molar-refractivity contribution is 9.10. The first kappa shape index (κ1) is 13.5. The number of carbonyl (C=O) groups is 1. The molecule has 1 rings (SSSR count). The van der Waals surface area contributed by atoms with E-state index in [0.29, 0.717) is 10.2 Å². The van der Waals surface area contributed by atoms with Gasteiger partial charge >= 0.3 is 0 Å². The molecular weight excluding hydrogens is 288 g/mol. The Morgan fingerprint density at radius 1 is 1.69 bits per heavy atom. The molecule has 3 nitrogen and oxygen atoms in total. The van der Waals surface area contributed by atoms with Gasteiger partial charge in [0.1, 0.15) is 4.60 Å². The Bertz CT molecular complexity index is 373. The predicted octanol–water partition coefficient (Wildman–Crippen LogP) is 2.67. The molecule has 0 N–H and O–H groups in total. The molecule has 0 saturated heterocycles. The molecule has 0 saturated carbocycles. The SMILES string of the molecule is CSCC(C)N(C)C(=O)c1cccnc1Br. The van der Waals surface area contributed by atoms with Gasteiger partial charge in [-0.2, -0.15) is 11.8 Å². The maximum absolute atomic E-state index is 12.1. The van der Waals surface area contributed by atoms with E-state index in [1.54, 1.807) is 35.0 Å². The summed E-state index contributed by atoms with van der Waals surface area (Å²) in [7, 11) is 1.82. The van der Waals surface area contributed by atoms with Gasteiger partial charge < -0.3 is 4.90 Å². The largest absolute Gasteiger partial charge is 0.338 e. The van der Waals surface area contributed by atoms with Gasteiger partial charge in [-0.3, -0.25) is 4.79 Å². The fourth-order valence-corrected chi connectivity index (χ4v) is 2.41. The first-order valence-corrected chi connectivity index (χ1v) is 7.13. The monoisotopic (exact) mass is 302 g/mol. The van der Waals surface area contributed by atoms with E-state index in [1.807, 2.05) is 20.2 Å². The van der Waals surface area contributed by atoms with Crippen molar-refractivity contribution in [1.82, 2.24) is 9.88 Å². The number of amides is 1. The average molecular weight is 303 g/mol. The number of hydrogen-bond acceptors (Lipinski definition) is 3. The number of hydrogen-bond donors (Lipinski definition) is 0. The highest BCUT2D eigenvalue weighted by atomic mass is 79.9. The van der Waals surface area contributed by atoms with E-state index >= 15 is 0 Å². The minimum Gasteiger partial charge on any atom is -0.338 e. The minimum absolute atomic E-state index is 0.00141. The van der Waals surface area contributed by atoms with E-state index in [2.05, 4.69) is 20.9 Å². The zero-order valence-corrected chi connectivity index (χ0v) is 12.0. The van der Waals surface area contributed by atoms with Crippen molar-refractivity contribution in [1.29, 1.82) is 0 Å². The Kier molecular flexibility index (Phi) is 5.28. The lowest BCUT2D eigenvalue weighted by Crippen LogP contribution is -2.36. The third-order valence-corrected chi connectivity index (χ3v) is 3.83. The van der Waals surface area contributed by atoms with Crippen LogP contribution in [0.4, 0.5) is 0 Å². The van der Waals surface area contributed by atoms with E-state index in [9.17, 15) is 4.79 Å². The molecule has 0 aliphatic heterocycles. The average Bonchev–Trinajstić information content (AvgIpc) is 2.28. The molecule has 1 heterocycles. The highest BCUT2D eigenvalue weighted by Crippen LogP contribution is 2.16. The van der Waals surface area contributed by atoms with Crippen LogP contribution in [-0.2, 0) is 0 Å². The van der Waals surface area contributed by atoms with Gasteiger partial charge in [-0.05, 0) is 41.2 Å². The first-order valence-electron chi connectivity index (χ1n) is 4.94. The van der Waals surface area contributed by atoms with Crippen molar-refractivity contribution in [3.05, 3.63) is 28.5 Å². The molecule has 0 fully saturated rings. The van der Waals surface area contributed by atoms with E-state index in [4.69, 9.17) is 0 Å². The van der Waals surface area contributed by atoms with Gasteiger partial charge in [-0.25, -0.2) is 4.98 Å². The molecule has 88 valence electrons. The molecule has 0 aliphatic carbocycles. The van der Waals surface area contributed by atoms with Gasteiger partial charge in [-0.15, -0.1) is 0 Å². The normalized spacial score (nSPS) is 12.2. The van der Waals surface area contributed by atoms with Crippen molar-refractivity contribution in [2.45, 2.75) is 13.0 Å². The second kappa shape index (κ2) is 6.25. The quantitative estimate of drug-likeness (QED) is 0.802. The van der Waals surface area contributed by atoms with Crippen LogP contribution in [0.1, 0.15) is 17.3 Å². The molecule has 1 amide bonds. The molecule has 5 heteroatoms. The molecular formula is C11H15BrN2OS. The summed E-state index contributed by atoms with van der Waals surface area (Å²) in [6.07, 6.45) is 3.70. The maximum Gasteiger partial charge on any atom is 0.256 e. The van der Waals surface area contributed by atoms with Crippen molar-refractivity contribution in [2.24, 2.45) is 0 Å². The van der Waals surface area contributed by atoms with Crippen LogP contribution >= 0.6 is 27.7 Å². The van der Waals surface area contributed by atoms with Crippen LogP contribution in [-0.4, -0.2) is 40.9 Å². The lowest BCUT2D eigenvalue weighted by molar-refractivity contribution is 0.0756. The summed E-state index contributed by atoms with van der Waals surface area (Å²) in [5.74, 6) is 0.932. The number of carbonyl (C=O) groups excluding carboxylic acids is 1. The van der Waals surface area contributed by atoms with Gasteiger partial charge in [0.2, 0.25) is 0 Å². The van der Waals surface area contributed by atoms with Crippen molar-refractivity contribution >= 4 is 33.6 Å². The summed E-state index contributed by atoms with van der Waals surface area (Å²) >= 11 is 5.02. The van der Waals surface area contributed by atoms with Crippen LogP contribution in [0.15, 0.2) is 22.9 Å². The topological polar surface area (TPSA) is 33.2 Å². The minimum atomic E-state index is 0.00141. The summed E-state index contributed by atoms with van der Waals surface area (Å²) in [4.78, 5) is 17.9. The number of aromatic nitrogens is 1. The zero-order valence-electron chi connectivity index (χ0n) is 9.61. The lowest BCUT2D eigenvalue weighted by atomic mass is 10.2. The third-order valence-electron chi connectivity index (χ3n) is 2.38. The Labute approximate surface area is 109 Å². The molecule has 0 aromatic carbocycles.